The van der Waals surface area contributed by atoms with E-state index in [1.54, 1.807) is 27.7 Å². The molecule has 0 radical (unpaired) electrons. The van der Waals surface area contributed by atoms with Gasteiger partial charge in [-0.05, 0) is 64.8 Å². The molecule has 0 unspecified atom stereocenters. The summed E-state index contributed by atoms with van der Waals surface area (Å²) >= 11 is 12.1. The summed E-state index contributed by atoms with van der Waals surface area (Å²) in [5, 5.41) is 12.2. The summed E-state index contributed by atoms with van der Waals surface area (Å²) in [5.74, 6) is 2.10. The lowest BCUT2D eigenvalue weighted by Gasteiger charge is -2.03. The van der Waals surface area contributed by atoms with Crippen LogP contribution in [0.3, 0.4) is 0 Å². The maximum atomic E-state index is 11.4. The second kappa shape index (κ2) is 16.7. The molecule has 0 fully saturated rings. The van der Waals surface area contributed by atoms with Gasteiger partial charge >= 0.3 is 11.9 Å². The Bertz CT molecular complexity index is 1540. The van der Waals surface area contributed by atoms with E-state index in [1.807, 2.05) is 56.2 Å². The van der Waals surface area contributed by atoms with E-state index < -0.39 is 11.9 Å². The summed E-state index contributed by atoms with van der Waals surface area (Å²) in [7, 11) is 0. The maximum absolute atomic E-state index is 11.4. The van der Waals surface area contributed by atoms with Gasteiger partial charge in [0, 0.05) is 39.4 Å². The number of terminal acetylenes is 1. The molecule has 0 atom stereocenters. The first kappa shape index (κ1) is 33.7. The minimum atomic E-state index is -0.597. The molecule has 0 aliphatic rings. The third kappa shape index (κ3) is 11.6. The number of ether oxygens (including phenoxy) is 2. The highest BCUT2D eigenvalue weighted by atomic mass is 35.5. The molecule has 0 spiro atoms. The predicted molar refractivity (Wildman–Crippen MR) is 163 cm³/mol. The highest BCUT2D eigenvalue weighted by Crippen LogP contribution is 2.23. The van der Waals surface area contributed by atoms with Crippen LogP contribution in [0.5, 0.6) is 0 Å². The van der Waals surface area contributed by atoms with Crippen molar-refractivity contribution in [2.75, 3.05) is 0 Å². The molecule has 2 heterocycles. The van der Waals surface area contributed by atoms with Crippen LogP contribution in [-0.2, 0) is 19.1 Å². The number of nitrogens with one attached hydrogen (secondary N) is 1. The molecule has 42 heavy (non-hydrogen) atoms. The van der Waals surface area contributed by atoms with Crippen molar-refractivity contribution in [3.8, 4) is 35.1 Å². The minimum absolute atomic E-state index is 0.112. The first-order valence-electron chi connectivity index (χ1n) is 12.7. The van der Waals surface area contributed by atoms with E-state index in [0.29, 0.717) is 10.8 Å². The van der Waals surface area contributed by atoms with E-state index in [4.69, 9.17) is 34.4 Å². The smallest absolute Gasteiger partial charge is 0.384 e. The Balaban J connectivity index is 0.000000249. The van der Waals surface area contributed by atoms with Crippen LogP contribution in [-0.4, -0.2) is 54.1 Å². The van der Waals surface area contributed by atoms with E-state index in [2.05, 4.69) is 30.0 Å². The number of nitrogens with zero attached hydrogens (tertiary/aromatic N) is 5. The minimum Gasteiger partial charge on any atom is -0.460 e. The van der Waals surface area contributed by atoms with E-state index >= 15 is 0 Å². The number of H-pyrrole nitrogens is 1. The van der Waals surface area contributed by atoms with Crippen LogP contribution in [0, 0.1) is 26.2 Å². The van der Waals surface area contributed by atoms with E-state index in [0.717, 1.165) is 33.1 Å². The highest BCUT2D eigenvalue weighted by Gasteiger charge is 2.06. The molecule has 0 amide bonds. The standard InChI is InChI=1S/C15H16ClN3O2.C9H8ClN3.C6H8O2/c1-10(2)21-14(20)6-7-19-9-17-15(18-19)12-5-4-11(3)13(16)8-12;1-6-2-3-7(4-8(6)10)9-11-5-12-13-9;1-4-6(7)8-5(2)3/h4-10H,1-3H3;2-5H,1H3,(H,11,12,13);1,5H,2-3H3/b7-6-;;. The van der Waals surface area contributed by atoms with Crippen LogP contribution in [0.4, 0.5) is 0 Å². The van der Waals surface area contributed by atoms with Gasteiger partial charge in [-0.15, -0.1) is 11.5 Å². The molecule has 0 saturated heterocycles. The lowest BCUT2D eigenvalue weighted by molar-refractivity contribution is -0.141. The Morgan fingerprint density at radius 2 is 1.55 bits per heavy atom. The molecular formula is C30H32Cl2N6O4. The molecule has 2 aromatic carbocycles. The average molecular weight is 612 g/mol. The molecule has 0 aliphatic carbocycles. The normalized spacial score (nSPS) is 10.4. The lowest BCUT2D eigenvalue weighted by Crippen LogP contribution is -2.08. The van der Waals surface area contributed by atoms with E-state index in [9.17, 15) is 9.59 Å². The van der Waals surface area contributed by atoms with Crippen molar-refractivity contribution in [1.29, 1.82) is 0 Å². The molecular weight excluding hydrogens is 579 g/mol. The lowest BCUT2D eigenvalue weighted by atomic mass is 10.1. The van der Waals surface area contributed by atoms with Gasteiger partial charge in [-0.3, -0.25) is 5.10 Å². The summed E-state index contributed by atoms with van der Waals surface area (Å²) in [6.07, 6.45) is 10.2. The van der Waals surface area contributed by atoms with Crippen LogP contribution in [0.2, 0.25) is 10.0 Å². The Morgan fingerprint density at radius 1 is 0.952 bits per heavy atom. The summed E-state index contributed by atoms with van der Waals surface area (Å²) < 4.78 is 11.0. The molecule has 10 nitrogen and oxygen atoms in total. The highest BCUT2D eigenvalue weighted by molar-refractivity contribution is 6.31. The van der Waals surface area contributed by atoms with Crippen molar-refractivity contribution in [1.82, 2.24) is 29.9 Å². The fourth-order valence-corrected chi connectivity index (χ4v) is 3.31. The fraction of sp³-hybridized carbons (Fsp3) is 0.267. The zero-order valence-corrected chi connectivity index (χ0v) is 25.6. The van der Waals surface area contributed by atoms with Crippen molar-refractivity contribution in [3.05, 3.63) is 76.3 Å². The van der Waals surface area contributed by atoms with Crippen LogP contribution >= 0.6 is 23.2 Å². The first-order chi connectivity index (χ1) is 19.9. The molecule has 12 heteroatoms. The van der Waals surface area contributed by atoms with Gasteiger partial charge in [0.1, 0.15) is 12.7 Å². The third-order valence-electron chi connectivity index (χ3n) is 4.97. The number of aromatic nitrogens is 6. The number of rotatable bonds is 6. The number of esters is 2. The topological polar surface area (TPSA) is 125 Å². The molecule has 1 N–H and O–H groups in total. The average Bonchev–Trinajstić information content (AvgIpc) is 3.64. The number of carbonyl (C=O) groups excluding carboxylic acids is 2. The summed E-state index contributed by atoms with van der Waals surface area (Å²) in [4.78, 5) is 29.8. The van der Waals surface area contributed by atoms with Crippen molar-refractivity contribution in [2.24, 2.45) is 0 Å². The van der Waals surface area contributed by atoms with Gasteiger partial charge in [-0.2, -0.15) is 5.10 Å². The van der Waals surface area contributed by atoms with E-state index in [-0.39, 0.29) is 12.2 Å². The molecule has 4 aromatic rings. The molecule has 220 valence electrons. The fourth-order valence-electron chi connectivity index (χ4n) is 2.95. The number of aromatic amines is 1. The van der Waals surface area contributed by atoms with Gasteiger partial charge in [-0.25, -0.2) is 24.2 Å². The monoisotopic (exact) mass is 610 g/mol. The van der Waals surface area contributed by atoms with Gasteiger partial charge in [0.15, 0.2) is 11.6 Å². The number of halogens is 2. The van der Waals surface area contributed by atoms with Gasteiger partial charge in [0.2, 0.25) is 0 Å². The Morgan fingerprint density at radius 3 is 2.05 bits per heavy atom. The maximum Gasteiger partial charge on any atom is 0.384 e. The summed E-state index contributed by atoms with van der Waals surface area (Å²) in [5.41, 5.74) is 3.83. The summed E-state index contributed by atoms with van der Waals surface area (Å²) in [6, 6.07) is 11.4. The Kier molecular flexibility index (Phi) is 13.4. The number of benzene rings is 2. The van der Waals surface area contributed by atoms with Gasteiger partial charge in [0.25, 0.3) is 0 Å². The van der Waals surface area contributed by atoms with Gasteiger partial charge < -0.3 is 9.47 Å². The molecule has 0 saturated carbocycles. The predicted octanol–water partition coefficient (Wildman–Crippen LogP) is 6.33. The van der Waals surface area contributed by atoms with Crippen molar-refractivity contribution in [2.45, 2.75) is 53.8 Å². The first-order valence-corrected chi connectivity index (χ1v) is 13.5. The molecule has 0 bridgehead atoms. The second-order valence-electron chi connectivity index (χ2n) is 9.21. The third-order valence-corrected chi connectivity index (χ3v) is 5.79. The van der Waals surface area contributed by atoms with Crippen LogP contribution < -0.4 is 0 Å². The van der Waals surface area contributed by atoms with E-state index in [1.165, 1.54) is 29.6 Å². The van der Waals surface area contributed by atoms with Crippen molar-refractivity contribution < 1.29 is 19.1 Å². The number of hydrogen-bond donors (Lipinski definition) is 1. The van der Waals surface area contributed by atoms with Gasteiger partial charge in [0.05, 0.1) is 12.2 Å². The zero-order valence-electron chi connectivity index (χ0n) is 24.1. The number of carbonyl (C=O) groups is 2. The van der Waals surface area contributed by atoms with Gasteiger partial charge in [-0.1, -0.05) is 47.5 Å². The molecule has 2 aromatic heterocycles. The van der Waals surface area contributed by atoms with Crippen LogP contribution in [0.15, 0.2) is 55.1 Å². The zero-order chi connectivity index (χ0) is 31.2. The van der Waals surface area contributed by atoms with Crippen molar-refractivity contribution >= 4 is 41.3 Å². The Hall–Kier alpha value is -4.46. The van der Waals surface area contributed by atoms with Crippen molar-refractivity contribution in [3.63, 3.8) is 0 Å². The summed E-state index contributed by atoms with van der Waals surface area (Å²) in [6.45, 7) is 11.0. The SMILES string of the molecule is C#CC(=O)OC(C)C.Cc1ccc(-c2ncn(/C=C\C(=O)OC(C)C)n2)cc1Cl.Cc1ccc(-c2ncn[nH]2)cc1Cl. The quantitative estimate of drug-likeness (QED) is 0.116. The van der Waals surface area contributed by atoms with Crippen LogP contribution in [0.1, 0.15) is 38.8 Å². The van der Waals surface area contributed by atoms with Crippen LogP contribution in [0.25, 0.3) is 29.0 Å². The molecule has 4 rings (SSSR count). The largest absolute Gasteiger partial charge is 0.460 e. The molecule has 0 aliphatic heterocycles. The Labute approximate surface area is 255 Å². The number of hydrogen-bond acceptors (Lipinski definition) is 8. The number of aryl methyl sites for hydroxylation is 2. The second-order valence-corrected chi connectivity index (χ2v) is 10.0.